The highest BCUT2D eigenvalue weighted by Gasteiger charge is 2.32. The number of pyridine rings is 1. The molecule has 2 rings (SSSR count). The summed E-state index contributed by atoms with van der Waals surface area (Å²) in [5.74, 6) is 0.451. The summed E-state index contributed by atoms with van der Waals surface area (Å²) < 4.78 is 27.6. The van der Waals surface area contributed by atoms with Crippen LogP contribution in [-0.2, 0) is 16.8 Å². The SMILES string of the molecule is CC1CCN(S(=O)(=O)N(C)Cc2cccnc2)C1. The van der Waals surface area contributed by atoms with Gasteiger partial charge in [0.2, 0.25) is 0 Å². The molecule has 6 heteroatoms. The van der Waals surface area contributed by atoms with Crippen LogP contribution < -0.4 is 0 Å². The quantitative estimate of drug-likeness (QED) is 0.822. The minimum atomic E-state index is -3.33. The first-order valence-electron chi connectivity index (χ1n) is 6.10. The zero-order valence-corrected chi connectivity index (χ0v) is 11.6. The monoisotopic (exact) mass is 269 g/mol. The molecule has 18 heavy (non-hydrogen) atoms. The van der Waals surface area contributed by atoms with E-state index >= 15 is 0 Å². The first-order valence-corrected chi connectivity index (χ1v) is 7.50. The van der Waals surface area contributed by atoms with E-state index in [1.807, 2.05) is 12.1 Å². The maximum absolute atomic E-state index is 12.3. The lowest BCUT2D eigenvalue weighted by Gasteiger charge is -2.23. The maximum atomic E-state index is 12.3. The second-order valence-electron chi connectivity index (χ2n) is 4.88. The van der Waals surface area contributed by atoms with Crippen LogP contribution in [0.15, 0.2) is 24.5 Å². The van der Waals surface area contributed by atoms with Gasteiger partial charge in [-0.25, -0.2) is 0 Å². The highest BCUT2D eigenvalue weighted by molar-refractivity contribution is 7.86. The highest BCUT2D eigenvalue weighted by Crippen LogP contribution is 2.21. The van der Waals surface area contributed by atoms with Crippen LogP contribution in [0, 0.1) is 5.92 Å². The van der Waals surface area contributed by atoms with E-state index in [9.17, 15) is 8.42 Å². The summed E-state index contributed by atoms with van der Waals surface area (Å²) in [5.41, 5.74) is 0.899. The van der Waals surface area contributed by atoms with Crippen LogP contribution in [-0.4, -0.2) is 42.1 Å². The first-order chi connectivity index (χ1) is 8.50. The number of hydrogen-bond donors (Lipinski definition) is 0. The lowest BCUT2D eigenvalue weighted by Crippen LogP contribution is -2.40. The van der Waals surface area contributed by atoms with Crippen molar-refractivity contribution < 1.29 is 8.42 Å². The van der Waals surface area contributed by atoms with Crippen molar-refractivity contribution in [1.29, 1.82) is 0 Å². The van der Waals surface area contributed by atoms with Crippen molar-refractivity contribution in [2.45, 2.75) is 19.9 Å². The van der Waals surface area contributed by atoms with E-state index in [4.69, 9.17) is 0 Å². The molecule has 1 saturated heterocycles. The van der Waals surface area contributed by atoms with Gasteiger partial charge in [0.25, 0.3) is 10.2 Å². The molecule has 100 valence electrons. The predicted octanol–water partition coefficient (Wildman–Crippen LogP) is 1.10. The molecule has 0 N–H and O–H groups in total. The van der Waals surface area contributed by atoms with Gasteiger partial charge in [0, 0.05) is 39.1 Å². The lowest BCUT2D eigenvalue weighted by molar-refractivity contribution is 0.386. The van der Waals surface area contributed by atoms with Crippen molar-refractivity contribution in [3.05, 3.63) is 30.1 Å². The molecule has 1 fully saturated rings. The molecule has 0 spiro atoms. The van der Waals surface area contributed by atoms with Gasteiger partial charge in [0.1, 0.15) is 0 Å². The third kappa shape index (κ3) is 2.88. The Kier molecular flexibility index (Phi) is 3.99. The molecule has 1 atom stereocenters. The Morgan fingerprint density at radius 2 is 2.33 bits per heavy atom. The van der Waals surface area contributed by atoms with Gasteiger partial charge in [-0.05, 0) is 24.0 Å². The molecule has 0 amide bonds. The number of hydrogen-bond acceptors (Lipinski definition) is 3. The van der Waals surface area contributed by atoms with E-state index in [2.05, 4.69) is 11.9 Å². The summed E-state index contributed by atoms with van der Waals surface area (Å²) in [6, 6.07) is 3.69. The standard InChI is InChI=1S/C12H19N3O2S/c1-11-5-7-15(9-11)18(16,17)14(2)10-12-4-3-6-13-8-12/h3-4,6,8,11H,5,7,9-10H2,1-2H3. The Balaban J connectivity index is 2.06. The summed E-state index contributed by atoms with van der Waals surface area (Å²) >= 11 is 0. The van der Waals surface area contributed by atoms with Gasteiger partial charge in [0.05, 0.1) is 0 Å². The summed E-state index contributed by atoms with van der Waals surface area (Å²) in [6.45, 7) is 3.69. The average molecular weight is 269 g/mol. The maximum Gasteiger partial charge on any atom is 0.282 e. The first kappa shape index (κ1) is 13.5. The normalized spacial score (nSPS) is 21.6. The van der Waals surface area contributed by atoms with Crippen LogP contribution in [0.3, 0.4) is 0 Å². The minimum absolute atomic E-state index is 0.362. The summed E-state index contributed by atoms with van der Waals surface area (Å²) in [7, 11) is -1.71. The van der Waals surface area contributed by atoms with E-state index in [1.54, 1.807) is 23.7 Å². The van der Waals surface area contributed by atoms with Gasteiger partial charge < -0.3 is 0 Å². The molecule has 5 nitrogen and oxygen atoms in total. The van der Waals surface area contributed by atoms with Crippen LogP contribution in [0.25, 0.3) is 0 Å². The average Bonchev–Trinajstić information content (AvgIpc) is 2.78. The van der Waals surface area contributed by atoms with E-state index in [-0.39, 0.29) is 0 Å². The molecule has 0 aliphatic carbocycles. The largest absolute Gasteiger partial charge is 0.282 e. The van der Waals surface area contributed by atoms with E-state index in [0.717, 1.165) is 12.0 Å². The Morgan fingerprint density at radius 1 is 1.56 bits per heavy atom. The fraction of sp³-hybridized carbons (Fsp3) is 0.583. The molecule has 1 aliphatic rings. The van der Waals surface area contributed by atoms with E-state index in [1.165, 1.54) is 4.31 Å². The minimum Gasteiger partial charge on any atom is -0.264 e. The molecule has 0 saturated carbocycles. The van der Waals surface area contributed by atoms with Crippen LogP contribution in [0.1, 0.15) is 18.9 Å². The Hall–Kier alpha value is -0.980. The molecular formula is C12H19N3O2S. The van der Waals surface area contributed by atoms with Gasteiger partial charge in [0.15, 0.2) is 0 Å². The van der Waals surface area contributed by atoms with Crippen molar-refractivity contribution in [3.8, 4) is 0 Å². The Morgan fingerprint density at radius 3 is 2.89 bits per heavy atom. The Bertz CT molecular complexity index is 489. The second kappa shape index (κ2) is 5.34. The summed E-state index contributed by atoms with van der Waals surface area (Å²) in [5, 5.41) is 0. The summed E-state index contributed by atoms with van der Waals surface area (Å²) in [6.07, 6.45) is 4.32. The third-order valence-corrected chi connectivity index (χ3v) is 5.14. The fourth-order valence-electron chi connectivity index (χ4n) is 2.13. The zero-order chi connectivity index (χ0) is 13.2. The molecule has 2 heterocycles. The van der Waals surface area contributed by atoms with Crippen LogP contribution in [0.4, 0.5) is 0 Å². The van der Waals surface area contributed by atoms with Crippen molar-refractivity contribution in [2.75, 3.05) is 20.1 Å². The van der Waals surface area contributed by atoms with Crippen molar-refractivity contribution in [2.24, 2.45) is 5.92 Å². The zero-order valence-electron chi connectivity index (χ0n) is 10.8. The van der Waals surface area contributed by atoms with Crippen molar-refractivity contribution >= 4 is 10.2 Å². The van der Waals surface area contributed by atoms with Gasteiger partial charge in [-0.1, -0.05) is 13.0 Å². The fourth-order valence-corrected chi connectivity index (χ4v) is 3.62. The molecule has 1 aromatic heterocycles. The second-order valence-corrected chi connectivity index (χ2v) is 6.91. The van der Waals surface area contributed by atoms with Gasteiger partial charge >= 0.3 is 0 Å². The topological polar surface area (TPSA) is 53.5 Å². The van der Waals surface area contributed by atoms with Gasteiger partial charge in [-0.2, -0.15) is 17.0 Å². The number of nitrogens with zero attached hydrogens (tertiary/aromatic N) is 3. The lowest BCUT2D eigenvalue weighted by atomic mass is 10.2. The predicted molar refractivity (Wildman–Crippen MR) is 70.0 cm³/mol. The Labute approximate surface area is 109 Å². The van der Waals surface area contributed by atoms with E-state index < -0.39 is 10.2 Å². The molecule has 0 aromatic carbocycles. The molecule has 0 bridgehead atoms. The van der Waals surface area contributed by atoms with Crippen molar-refractivity contribution in [1.82, 2.24) is 13.6 Å². The number of aromatic nitrogens is 1. The smallest absolute Gasteiger partial charge is 0.264 e. The van der Waals surface area contributed by atoms with E-state index in [0.29, 0.717) is 25.6 Å². The molecule has 1 aromatic rings. The summed E-state index contributed by atoms with van der Waals surface area (Å²) in [4.78, 5) is 3.99. The highest BCUT2D eigenvalue weighted by atomic mass is 32.2. The van der Waals surface area contributed by atoms with Gasteiger partial charge in [-0.15, -0.1) is 0 Å². The molecule has 1 aliphatic heterocycles. The van der Waals surface area contributed by atoms with Crippen LogP contribution in [0.2, 0.25) is 0 Å². The number of rotatable bonds is 4. The molecule has 1 unspecified atom stereocenters. The molecular weight excluding hydrogens is 250 g/mol. The van der Waals surface area contributed by atoms with Crippen molar-refractivity contribution in [3.63, 3.8) is 0 Å². The van der Waals surface area contributed by atoms with Gasteiger partial charge in [-0.3, -0.25) is 4.98 Å². The third-order valence-electron chi connectivity index (χ3n) is 3.23. The van der Waals surface area contributed by atoms with Crippen LogP contribution in [0.5, 0.6) is 0 Å². The van der Waals surface area contributed by atoms with Crippen LogP contribution >= 0.6 is 0 Å². The molecule has 0 radical (unpaired) electrons.